The molecule has 0 fully saturated rings. The molecule has 168 valence electrons. The minimum atomic E-state index is -1.09. The first-order chi connectivity index (χ1) is 14.6. The molecule has 0 aliphatic carbocycles. The molecule has 2 atom stereocenters. The Morgan fingerprint density at radius 1 is 1.03 bits per heavy atom. The largest absolute Gasteiger partial charge is 0.481 e. The van der Waals surface area contributed by atoms with Crippen molar-refractivity contribution in [1.82, 2.24) is 15.2 Å². The zero-order valence-corrected chi connectivity index (χ0v) is 18.9. The van der Waals surface area contributed by atoms with Crippen molar-refractivity contribution in [2.24, 2.45) is 5.41 Å². The minimum absolute atomic E-state index is 0.324. The smallest absolute Gasteiger partial charge is 0.306 e. The molecule has 31 heavy (non-hydrogen) atoms. The van der Waals surface area contributed by atoms with Crippen LogP contribution >= 0.6 is 0 Å². The van der Waals surface area contributed by atoms with Gasteiger partial charge in [0.15, 0.2) is 0 Å². The molecule has 2 amide bonds. The standard InChI is InChI=1S/C24H33N3O4/c1-6-7-16-8-10-17(11-9-16)18-12-13-27(15-18)19(14-20(28)29)22(30)26-21(23(31)25-5)24(2,3)4/h8-13,15,19,21H,6-7,14H2,1-5H3,(H,25,31)(H,26,30)(H,28,29)/t19?,21-/m1/s1. The molecule has 1 aromatic carbocycles. The Morgan fingerprint density at radius 2 is 1.68 bits per heavy atom. The van der Waals surface area contributed by atoms with Crippen LogP contribution in [-0.4, -0.2) is 40.5 Å². The molecule has 1 heterocycles. The van der Waals surface area contributed by atoms with Gasteiger partial charge in [-0.25, -0.2) is 0 Å². The fourth-order valence-electron chi connectivity index (χ4n) is 3.49. The maximum Gasteiger partial charge on any atom is 0.306 e. The highest BCUT2D eigenvalue weighted by Crippen LogP contribution is 2.25. The van der Waals surface area contributed by atoms with Gasteiger partial charge in [0.2, 0.25) is 11.8 Å². The summed E-state index contributed by atoms with van der Waals surface area (Å²) in [4.78, 5) is 36.8. The monoisotopic (exact) mass is 427 g/mol. The quantitative estimate of drug-likeness (QED) is 0.571. The van der Waals surface area contributed by atoms with E-state index in [1.807, 2.05) is 39.0 Å². The molecule has 0 bridgehead atoms. The molecule has 0 radical (unpaired) electrons. The Hall–Kier alpha value is -3.09. The van der Waals surface area contributed by atoms with Crippen molar-refractivity contribution >= 4 is 17.8 Å². The van der Waals surface area contributed by atoms with Crippen molar-refractivity contribution in [3.63, 3.8) is 0 Å². The van der Waals surface area contributed by atoms with Crippen LogP contribution in [0, 0.1) is 5.41 Å². The van der Waals surface area contributed by atoms with Crippen LogP contribution in [0.1, 0.15) is 52.1 Å². The van der Waals surface area contributed by atoms with E-state index in [0.717, 1.165) is 24.0 Å². The van der Waals surface area contributed by atoms with Gasteiger partial charge in [-0.3, -0.25) is 14.4 Å². The predicted octanol–water partition coefficient (Wildman–Crippen LogP) is 3.40. The highest BCUT2D eigenvalue weighted by Gasteiger charge is 2.35. The second kappa shape index (κ2) is 10.3. The first-order valence-electron chi connectivity index (χ1n) is 10.6. The molecule has 3 N–H and O–H groups in total. The maximum atomic E-state index is 13.0. The number of amides is 2. The second-order valence-corrected chi connectivity index (χ2v) is 8.83. The number of benzene rings is 1. The summed E-state index contributed by atoms with van der Waals surface area (Å²) >= 11 is 0. The average molecular weight is 428 g/mol. The topological polar surface area (TPSA) is 100 Å². The molecule has 0 saturated carbocycles. The molecule has 2 rings (SSSR count). The summed E-state index contributed by atoms with van der Waals surface area (Å²) in [6.07, 6.45) is 5.18. The van der Waals surface area contributed by atoms with Crippen molar-refractivity contribution < 1.29 is 19.5 Å². The number of aliphatic carboxylic acids is 1. The molecule has 1 aromatic heterocycles. The molecule has 2 aromatic rings. The van der Waals surface area contributed by atoms with E-state index in [1.165, 1.54) is 12.6 Å². The number of carboxylic acid groups (broad SMARTS) is 1. The molecule has 1 unspecified atom stereocenters. The number of carboxylic acids is 1. The van der Waals surface area contributed by atoms with Gasteiger partial charge in [0.05, 0.1) is 6.42 Å². The third-order valence-corrected chi connectivity index (χ3v) is 5.23. The Kier molecular flexibility index (Phi) is 8.02. The fourth-order valence-corrected chi connectivity index (χ4v) is 3.49. The summed E-state index contributed by atoms with van der Waals surface area (Å²) in [5, 5.41) is 14.7. The SMILES string of the molecule is CCCc1ccc(-c2ccn(C(CC(=O)O)C(=O)N[C@H](C(=O)NC)C(C)(C)C)c2)cc1. The van der Waals surface area contributed by atoms with E-state index in [4.69, 9.17) is 0 Å². The molecular weight excluding hydrogens is 394 g/mol. The lowest BCUT2D eigenvalue weighted by molar-refractivity contribution is -0.141. The van der Waals surface area contributed by atoms with E-state index in [-0.39, 0.29) is 12.3 Å². The van der Waals surface area contributed by atoms with Crippen LogP contribution in [0.15, 0.2) is 42.7 Å². The predicted molar refractivity (Wildman–Crippen MR) is 121 cm³/mol. The minimum Gasteiger partial charge on any atom is -0.481 e. The highest BCUT2D eigenvalue weighted by molar-refractivity contribution is 5.91. The number of aromatic nitrogens is 1. The Balaban J connectivity index is 2.29. The van der Waals surface area contributed by atoms with Gasteiger partial charge in [-0.05, 0) is 34.6 Å². The van der Waals surface area contributed by atoms with Gasteiger partial charge in [-0.2, -0.15) is 0 Å². The number of rotatable bonds is 9. The van der Waals surface area contributed by atoms with Crippen molar-refractivity contribution in [3.05, 3.63) is 48.3 Å². The Bertz CT molecular complexity index is 910. The summed E-state index contributed by atoms with van der Waals surface area (Å²) in [6.45, 7) is 7.66. The van der Waals surface area contributed by atoms with Crippen LogP contribution in [0.4, 0.5) is 0 Å². The summed E-state index contributed by atoms with van der Waals surface area (Å²) in [6, 6.07) is 8.31. The second-order valence-electron chi connectivity index (χ2n) is 8.83. The Labute approximate surface area is 183 Å². The van der Waals surface area contributed by atoms with Gasteiger partial charge in [0.1, 0.15) is 12.1 Å². The highest BCUT2D eigenvalue weighted by atomic mass is 16.4. The average Bonchev–Trinajstić information content (AvgIpc) is 3.19. The molecule has 7 heteroatoms. The lowest BCUT2D eigenvalue weighted by Crippen LogP contribution is -2.54. The van der Waals surface area contributed by atoms with Crippen molar-refractivity contribution in [2.75, 3.05) is 7.05 Å². The van der Waals surface area contributed by atoms with Crippen LogP contribution in [0.5, 0.6) is 0 Å². The normalized spacial score (nSPS) is 13.3. The van der Waals surface area contributed by atoms with E-state index in [0.29, 0.717) is 0 Å². The third kappa shape index (κ3) is 6.44. The number of hydrogen-bond donors (Lipinski definition) is 3. The van der Waals surface area contributed by atoms with E-state index < -0.39 is 29.4 Å². The molecule has 0 saturated heterocycles. The summed E-state index contributed by atoms with van der Waals surface area (Å²) in [5.41, 5.74) is 2.61. The summed E-state index contributed by atoms with van der Waals surface area (Å²) in [7, 11) is 1.51. The zero-order chi connectivity index (χ0) is 23.2. The van der Waals surface area contributed by atoms with E-state index >= 15 is 0 Å². The number of carbonyl (C=O) groups is 3. The summed E-state index contributed by atoms with van der Waals surface area (Å²) in [5.74, 6) is -1.92. The molecular formula is C24H33N3O4. The van der Waals surface area contributed by atoms with Crippen LogP contribution in [-0.2, 0) is 20.8 Å². The number of aryl methyl sites for hydroxylation is 1. The van der Waals surface area contributed by atoms with Gasteiger partial charge >= 0.3 is 5.97 Å². The molecule has 0 aliphatic rings. The Morgan fingerprint density at radius 3 is 2.19 bits per heavy atom. The fraction of sp³-hybridized carbons (Fsp3) is 0.458. The third-order valence-electron chi connectivity index (χ3n) is 5.23. The van der Waals surface area contributed by atoms with Crippen LogP contribution in [0.25, 0.3) is 11.1 Å². The zero-order valence-electron chi connectivity index (χ0n) is 18.9. The van der Waals surface area contributed by atoms with Gasteiger partial charge in [-0.15, -0.1) is 0 Å². The van der Waals surface area contributed by atoms with Crippen molar-refractivity contribution in [1.29, 1.82) is 0 Å². The number of nitrogens with zero attached hydrogens (tertiary/aromatic N) is 1. The molecule has 0 spiro atoms. The summed E-state index contributed by atoms with van der Waals surface area (Å²) < 4.78 is 1.60. The lowest BCUT2D eigenvalue weighted by atomic mass is 9.86. The van der Waals surface area contributed by atoms with Gasteiger partial charge in [0.25, 0.3) is 0 Å². The van der Waals surface area contributed by atoms with E-state index in [9.17, 15) is 19.5 Å². The first kappa shape index (κ1) is 24.2. The van der Waals surface area contributed by atoms with Crippen LogP contribution < -0.4 is 10.6 Å². The number of likely N-dealkylation sites (N-methyl/N-ethyl adjacent to an activating group) is 1. The van der Waals surface area contributed by atoms with E-state index in [2.05, 4.69) is 29.7 Å². The van der Waals surface area contributed by atoms with Crippen LogP contribution in [0.2, 0.25) is 0 Å². The van der Waals surface area contributed by atoms with Crippen molar-refractivity contribution in [3.8, 4) is 11.1 Å². The van der Waals surface area contributed by atoms with Crippen molar-refractivity contribution in [2.45, 2.75) is 59.0 Å². The molecule has 7 nitrogen and oxygen atoms in total. The van der Waals surface area contributed by atoms with Gasteiger partial charge in [-0.1, -0.05) is 58.4 Å². The lowest BCUT2D eigenvalue weighted by Gasteiger charge is -2.31. The van der Waals surface area contributed by atoms with E-state index in [1.54, 1.807) is 17.0 Å². The number of nitrogens with one attached hydrogen (secondary N) is 2. The number of carbonyl (C=O) groups excluding carboxylic acids is 2. The van der Waals surface area contributed by atoms with Gasteiger partial charge in [0, 0.05) is 19.4 Å². The van der Waals surface area contributed by atoms with Crippen LogP contribution in [0.3, 0.4) is 0 Å². The maximum absolute atomic E-state index is 13.0. The number of hydrogen-bond acceptors (Lipinski definition) is 3. The van der Waals surface area contributed by atoms with Gasteiger partial charge < -0.3 is 20.3 Å². The first-order valence-corrected chi connectivity index (χ1v) is 10.6. The molecule has 0 aliphatic heterocycles.